The molecule has 2 unspecified atom stereocenters. The highest BCUT2D eigenvalue weighted by Crippen LogP contribution is 2.34. The summed E-state index contributed by atoms with van der Waals surface area (Å²) in [5.41, 5.74) is 1.87. The number of pyridine rings is 1. The van der Waals surface area contributed by atoms with E-state index >= 15 is 0 Å². The number of carbonyl (C=O) groups is 1. The molecule has 0 aromatic carbocycles. The molecule has 1 amide bonds. The van der Waals surface area contributed by atoms with Crippen LogP contribution >= 0.6 is 0 Å². The molecule has 96 valence electrons. The van der Waals surface area contributed by atoms with Crippen LogP contribution in [0.15, 0.2) is 12.3 Å². The number of aromatic nitrogens is 1. The fourth-order valence-corrected chi connectivity index (χ4v) is 2.75. The Bertz CT molecular complexity index is 489. The van der Waals surface area contributed by atoms with Crippen LogP contribution in [0.1, 0.15) is 12.5 Å². The maximum absolute atomic E-state index is 12.2. The number of nitrogens with zero attached hydrogens (tertiary/aromatic N) is 2. The Kier molecular flexibility index (Phi) is 2.70. The molecule has 1 N–H and O–H groups in total. The fourth-order valence-electron chi connectivity index (χ4n) is 2.75. The molecule has 0 aliphatic carbocycles. The average Bonchev–Trinajstić information content (AvgIpc) is 2.78. The van der Waals surface area contributed by atoms with E-state index in [-0.39, 0.29) is 17.9 Å². The normalized spacial score (nSPS) is 26.3. The van der Waals surface area contributed by atoms with Gasteiger partial charge in [-0.05, 0) is 25.5 Å². The van der Waals surface area contributed by atoms with Gasteiger partial charge in [0, 0.05) is 12.7 Å². The molecule has 0 bridgehead atoms. The average molecular weight is 247 g/mol. The topological polar surface area (TPSA) is 54.5 Å². The van der Waals surface area contributed by atoms with Crippen LogP contribution in [0.2, 0.25) is 0 Å². The van der Waals surface area contributed by atoms with E-state index in [2.05, 4.69) is 22.1 Å². The molecule has 0 saturated carbocycles. The lowest BCUT2D eigenvalue weighted by molar-refractivity contribution is -0.120. The molecule has 2 aliphatic heterocycles. The Morgan fingerprint density at radius 3 is 3.17 bits per heavy atom. The predicted molar refractivity (Wildman–Crippen MR) is 68.7 cm³/mol. The van der Waals surface area contributed by atoms with Gasteiger partial charge in [-0.15, -0.1) is 0 Å². The second-order valence-electron chi connectivity index (χ2n) is 4.87. The molecule has 5 heteroatoms. The maximum Gasteiger partial charge on any atom is 0.232 e. The van der Waals surface area contributed by atoms with Crippen molar-refractivity contribution in [3.8, 4) is 0 Å². The Balaban J connectivity index is 2.09. The van der Waals surface area contributed by atoms with Crippen LogP contribution in [0.25, 0.3) is 0 Å². The van der Waals surface area contributed by atoms with Crippen LogP contribution in [-0.4, -0.2) is 36.7 Å². The SMILES string of the molecule is CCN1c2ncc(C)cc2NC(=O)C2COCC21. The minimum atomic E-state index is -0.0977. The largest absolute Gasteiger partial charge is 0.378 e. The first-order valence-electron chi connectivity index (χ1n) is 6.32. The van der Waals surface area contributed by atoms with Gasteiger partial charge >= 0.3 is 0 Å². The van der Waals surface area contributed by atoms with E-state index in [9.17, 15) is 4.79 Å². The smallest absolute Gasteiger partial charge is 0.232 e. The van der Waals surface area contributed by atoms with Crippen LogP contribution < -0.4 is 10.2 Å². The zero-order chi connectivity index (χ0) is 12.7. The number of anilines is 2. The van der Waals surface area contributed by atoms with E-state index < -0.39 is 0 Å². The van der Waals surface area contributed by atoms with Crippen molar-refractivity contribution in [2.45, 2.75) is 19.9 Å². The molecule has 3 heterocycles. The van der Waals surface area contributed by atoms with Gasteiger partial charge in [-0.25, -0.2) is 4.98 Å². The Morgan fingerprint density at radius 2 is 2.39 bits per heavy atom. The third-order valence-corrected chi connectivity index (χ3v) is 3.66. The molecule has 2 atom stereocenters. The van der Waals surface area contributed by atoms with Gasteiger partial charge in [0.05, 0.1) is 30.9 Å². The molecule has 0 radical (unpaired) electrons. The second-order valence-corrected chi connectivity index (χ2v) is 4.87. The minimum absolute atomic E-state index is 0.0436. The van der Waals surface area contributed by atoms with Crippen LogP contribution in [0, 0.1) is 12.8 Å². The number of hydrogen-bond donors (Lipinski definition) is 1. The number of nitrogens with one attached hydrogen (secondary N) is 1. The summed E-state index contributed by atoms with van der Waals surface area (Å²) >= 11 is 0. The first-order chi connectivity index (χ1) is 8.70. The van der Waals surface area contributed by atoms with Gasteiger partial charge in [0.15, 0.2) is 5.82 Å². The third kappa shape index (κ3) is 1.66. The van der Waals surface area contributed by atoms with Crippen molar-refractivity contribution in [3.63, 3.8) is 0 Å². The number of carbonyl (C=O) groups excluding carboxylic acids is 1. The standard InChI is InChI=1S/C13H17N3O2/c1-3-16-11-7-18-6-9(11)13(17)15-10-4-8(2)5-14-12(10)16/h4-5,9,11H,3,6-7H2,1-2H3,(H,15,17). The van der Waals surface area contributed by atoms with Crippen molar-refractivity contribution in [1.29, 1.82) is 0 Å². The number of ether oxygens (including phenoxy) is 1. The molecule has 18 heavy (non-hydrogen) atoms. The summed E-state index contributed by atoms with van der Waals surface area (Å²) in [6, 6.07) is 2.08. The van der Waals surface area contributed by atoms with Crippen LogP contribution in [-0.2, 0) is 9.53 Å². The second kappa shape index (κ2) is 4.24. The number of amides is 1. The van der Waals surface area contributed by atoms with E-state index in [1.54, 1.807) is 0 Å². The third-order valence-electron chi connectivity index (χ3n) is 3.66. The van der Waals surface area contributed by atoms with Crippen molar-refractivity contribution in [3.05, 3.63) is 17.8 Å². The number of hydrogen-bond acceptors (Lipinski definition) is 4. The van der Waals surface area contributed by atoms with Crippen molar-refractivity contribution in [1.82, 2.24) is 4.98 Å². The van der Waals surface area contributed by atoms with E-state index in [0.29, 0.717) is 13.2 Å². The van der Waals surface area contributed by atoms with Crippen molar-refractivity contribution < 1.29 is 9.53 Å². The van der Waals surface area contributed by atoms with Gasteiger partial charge in [0.2, 0.25) is 5.91 Å². The monoisotopic (exact) mass is 247 g/mol. The molecule has 3 rings (SSSR count). The summed E-state index contributed by atoms with van der Waals surface area (Å²) < 4.78 is 5.46. The Labute approximate surface area is 106 Å². The van der Waals surface area contributed by atoms with Crippen molar-refractivity contribution in [2.75, 3.05) is 30.0 Å². The molecule has 1 aromatic rings. The zero-order valence-electron chi connectivity index (χ0n) is 10.6. The lowest BCUT2D eigenvalue weighted by Gasteiger charge is -2.29. The molecule has 2 aliphatic rings. The number of aryl methyl sites for hydroxylation is 1. The van der Waals surface area contributed by atoms with E-state index in [0.717, 1.165) is 23.6 Å². The van der Waals surface area contributed by atoms with Crippen molar-refractivity contribution in [2.24, 2.45) is 5.92 Å². The van der Waals surface area contributed by atoms with Crippen LogP contribution in [0.5, 0.6) is 0 Å². The molecule has 0 spiro atoms. The van der Waals surface area contributed by atoms with Gasteiger partial charge in [-0.3, -0.25) is 4.79 Å². The highest BCUT2D eigenvalue weighted by molar-refractivity contribution is 5.98. The first kappa shape index (κ1) is 11.5. The number of likely N-dealkylation sites (N-methyl/N-ethyl adjacent to an activating group) is 1. The molecule has 1 fully saturated rings. The number of rotatable bonds is 1. The summed E-state index contributed by atoms with van der Waals surface area (Å²) in [4.78, 5) is 18.8. The lowest BCUT2D eigenvalue weighted by Crippen LogP contribution is -2.42. The summed E-state index contributed by atoms with van der Waals surface area (Å²) in [6.45, 7) is 5.98. The highest BCUT2D eigenvalue weighted by Gasteiger charge is 2.41. The summed E-state index contributed by atoms with van der Waals surface area (Å²) in [5.74, 6) is 0.802. The maximum atomic E-state index is 12.2. The van der Waals surface area contributed by atoms with E-state index in [1.807, 2.05) is 19.2 Å². The van der Waals surface area contributed by atoms with Gasteiger partial charge in [-0.1, -0.05) is 0 Å². The van der Waals surface area contributed by atoms with Gasteiger partial charge in [0.1, 0.15) is 0 Å². The lowest BCUT2D eigenvalue weighted by atomic mass is 10.0. The zero-order valence-corrected chi connectivity index (χ0v) is 10.6. The number of fused-ring (bicyclic) bond motifs is 2. The van der Waals surface area contributed by atoms with Gasteiger partial charge < -0.3 is 15.0 Å². The minimum Gasteiger partial charge on any atom is -0.378 e. The Morgan fingerprint density at radius 1 is 1.56 bits per heavy atom. The highest BCUT2D eigenvalue weighted by atomic mass is 16.5. The van der Waals surface area contributed by atoms with Crippen LogP contribution in [0.4, 0.5) is 11.5 Å². The quantitative estimate of drug-likeness (QED) is 0.809. The molecular weight excluding hydrogens is 230 g/mol. The fraction of sp³-hybridized carbons (Fsp3) is 0.538. The molecule has 1 aromatic heterocycles. The van der Waals surface area contributed by atoms with Crippen molar-refractivity contribution >= 4 is 17.4 Å². The van der Waals surface area contributed by atoms with E-state index in [1.165, 1.54) is 0 Å². The van der Waals surface area contributed by atoms with E-state index in [4.69, 9.17) is 4.74 Å². The summed E-state index contributed by atoms with van der Waals surface area (Å²) in [7, 11) is 0. The van der Waals surface area contributed by atoms with Crippen LogP contribution in [0.3, 0.4) is 0 Å². The van der Waals surface area contributed by atoms with Gasteiger partial charge in [0.25, 0.3) is 0 Å². The molecular formula is C13H17N3O2. The predicted octanol–water partition coefficient (Wildman–Crippen LogP) is 1.18. The summed E-state index contributed by atoms with van der Waals surface area (Å²) in [6.07, 6.45) is 1.84. The molecule has 1 saturated heterocycles. The first-order valence-corrected chi connectivity index (χ1v) is 6.32. The summed E-state index contributed by atoms with van der Waals surface area (Å²) in [5, 5.41) is 2.98. The van der Waals surface area contributed by atoms with Gasteiger partial charge in [-0.2, -0.15) is 0 Å². The molecule has 5 nitrogen and oxygen atoms in total. The Hall–Kier alpha value is -1.62.